The quantitative estimate of drug-likeness (QED) is 0.844. The van der Waals surface area contributed by atoms with E-state index in [2.05, 4.69) is 21.7 Å². The van der Waals surface area contributed by atoms with Crippen molar-refractivity contribution in [2.75, 3.05) is 6.54 Å². The summed E-state index contributed by atoms with van der Waals surface area (Å²) in [5.41, 5.74) is -1.00. The van der Waals surface area contributed by atoms with Crippen molar-refractivity contribution in [3.8, 4) is 6.07 Å². The lowest BCUT2D eigenvalue weighted by Crippen LogP contribution is -2.53. The van der Waals surface area contributed by atoms with Crippen molar-refractivity contribution in [1.82, 2.24) is 15.6 Å². The van der Waals surface area contributed by atoms with Crippen molar-refractivity contribution in [2.24, 2.45) is 5.92 Å². The lowest BCUT2D eigenvalue weighted by Gasteiger charge is -2.30. The average Bonchev–Trinajstić information content (AvgIpc) is 3.16. The Labute approximate surface area is 136 Å². The monoisotopic (exact) mass is 320 g/mol. The molecule has 0 aromatic carbocycles. The summed E-state index contributed by atoms with van der Waals surface area (Å²) in [4.78, 5) is 16.7. The number of nitrogens with one attached hydrogen (secondary N) is 2. The molecular weight excluding hydrogens is 296 g/mol. The Morgan fingerprint density at radius 3 is 2.73 bits per heavy atom. The van der Waals surface area contributed by atoms with Gasteiger partial charge in [0.2, 0.25) is 5.91 Å². The van der Waals surface area contributed by atoms with Crippen molar-refractivity contribution in [3.63, 3.8) is 0 Å². The molecule has 0 unspecified atom stereocenters. The van der Waals surface area contributed by atoms with Crippen molar-refractivity contribution in [1.29, 1.82) is 5.26 Å². The molecule has 120 valence electrons. The molecule has 0 radical (unpaired) electrons. The van der Waals surface area contributed by atoms with Gasteiger partial charge in [-0.05, 0) is 25.7 Å². The number of amides is 1. The highest BCUT2D eigenvalue weighted by atomic mass is 32.1. The molecule has 22 heavy (non-hydrogen) atoms. The van der Waals surface area contributed by atoms with Crippen LogP contribution in [0.2, 0.25) is 0 Å². The van der Waals surface area contributed by atoms with E-state index in [1.807, 2.05) is 25.4 Å². The van der Waals surface area contributed by atoms with Gasteiger partial charge in [-0.25, -0.2) is 4.98 Å². The minimum atomic E-state index is -0.831. The molecule has 1 amide bonds. The largest absolute Gasteiger partial charge is 0.337 e. The van der Waals surface area contributed by atoms with Crippen molar-refractivity contribution >= 4 is 17.2 Å². The fourth-order valence-corrected chi connectivity index (χ4v) is 3.66. The first kappa shape index (κ1) is 16.9. The maximum absolute atomic E-state index is 12.2. The molecule has 1 aliphatic rings. The second kappa shape index (κ2) is 6.76. The minimum absolute atomic E-state index is 0.0563. The van der Waals surface area contributed by atoms with E-state index in [1.165, 1.54) is 0 Å². The van der Waals surface area contributed by atoms with Crippen molar-refractivity contribution in [3.05, 3.63) is 16.6 Å². The second-order valence-electron chi connectivity index (χ2n) is 6.50. The second-order valence-corrected chi connectivity index (χ2v) is 7.39. The molecule has 0 aliphatic heterocycles. The smallest absolute Gasteiger partial charge is 0.235 e. The molecule has 1 heterocycles. The van der Waals surface area contributed by atoms with Gasteiger partial charge in [-0.3, -0.25) is 10.1 Å². The number of carbonyl (C=O) groups excluding carboxylic acids is 1. The first-order valence-electron chi connectivity index (χ1n) is 7.79. The van der Waals surface area contributed by atoms with Gasteiger partial charge in [-0.2, -0.15) is 5.26 Å². The highest BCUT2D eigenvalue weighted by Gasteiger charge is 2.38. The van der Waals surface area contributed by atoms with E-state index in [9.17, 15) is 10.1 Å². The SMILES string of the molecule is CC(C)[C@](C)(C#N)NC(=O)CNC1(c2nccs2)CCCC1. The average molecular weight is 320 g/mol. The molecule has 0 spiro atoms. The zero-order valence-corrected chi connectivity index (χ0v) is 14.3. The summed E-state index contributed by atoms with van der Waals surface area (Å²) in [6, 6.07) is 2.20. The predicted molar refractivity (Wildman–Crippen MR) is 87.3 cm³/mol. The van der Waals surface area contributed by atoms with E-state index in [0.717, 1.165) is 30.7 Å². The van der Waals surface area contributed by atoms with Crippen molar-refractivity contribution in [2.45, 2.75) is 57.5 Å². The van der Waals surface area contributed by atoms with Gasteiger partial charge in [0.05, 0.1) is 18.2 Å². The Hall–Kier alpha value is -1.45. The summed E-state index contributed by atoms with van der Waals surface area (Å²) in [5.74, 6) is -0.0820. The number of hydrogen-bond acceptors (Lipinski definition) is 5. The summed E-state index contributed by atoms with van der Waals surface area (Å²) in [5, 5.41) is 18.6. The molecular formula is C16H24N4OS. The number of rotatable bonds is 6. The third-order valence-electron chi connectivity index (χ3n) is 4.67. The Morgan fingerprint density at radius 1 is 1.55 bits per heavy atom. The molecule has 1 aromatic rings. The third kappa shape index (κ3) is 3.47. The van der Waals surface area contributed by atoms with Gasteiger partial charge in [0.15, 0.2) is 0 Å². The number of hydrogen-bond donors (Lipinski definition) is 2. The lowest BCUT2D eigenvalue weighted by atomic mass is 9.90. The van der Waals surface area contributed by atoms with E-state index in [4.69, 9.17) is 0 Å². The maximum Gasteiger partial charge on any atom is 0.235 e. The number of aromatic nitrogens is 1. The van der Waals surface area contributed by atoms with E-state index in [1.54, 1.807) is 18.3 Å². The zero-order chi connectivity index (χ0) is 16.2. The summed E-state index contributed by atoms with van der Waals surface area (Å²) >= 11 is 1.64. The van der Waals surface area contributed by atoms with Crippen molar-refractivity contribution < 1.29 is 4.79 Å². The molecule has 1 aromatic heterocycles. The van der Waals surface area contributed by atoms with Crippen LogP contribution in [0.15, 0.2) is 11.6 Å². The highest BCUT2D eigenvalue weighted by molar-refractivity contribution is 7.09. The normalized spacial score (nSPS) is 19.6. The van der Waals surface area contributed by atoms with Crippen LogP contribution in [0.25, 0.3) is 0 Å². The van der Waals surface area contributed by atoms with Crippen LogP contribution >= 0.6 is 11.3 Å². The Morgan fingerprint density at radius 2 is 2.23 bits per heavy atom. The summed E-state index contributed by atoms with van der Waals surface area (Å²) < 4.78 is 0. The Bertz CT molecular complexity index is 543. The fraction of sp³-hybridized carbons (Fsp3) is 0.688. The van der Waals surface area contributed by atoms with Crippen LogP contribution in [0.1, 0.15) is 51.5 Å². The minimum Gasteiger partial charge on any atom is -0.337 e. The third-order valence-corrected chi connectivity index (χ3v) is 5.65. The van der Waals surface area contributed by atoms with Crippen LogP contribution in [-0.4, -0.2) is 23.0 Å². The van der Waals surface area contributed by atoms with Gasteiger partial charge < -0.3 is 5.32 Å². The standard InChI is InChI=1S/C16H24N4OS/c1-12(2)15(3,11-17)20-13(21)10-19-16(6-4-5-7-16)14-18-8-9-22-14/h8-9,12,19H,4-7,10H2,1-3H3,(H,20,21)/t15-/m0/s1. The molecule has 1 saturated carbocycles. The van der Waals surface area contributed by atoms with Crippen LogP contribution in [-0.2, 0) is 10.3 Å². The zero-order valence-electron chi connectivity index (χ0n) is 13.5. The molecule has 1 fully saturated rings. The molecule has 2 N–H and O–H groups in total. The first-order chi connectivity index (χ1) is 10.4. The molecule has 1 atom stereocenters. The van der Waals surface area contributed by atoms with Crippen LogP contribution in [0.3, 0.4) is 0 Å². The Kier molecular flexibility index (Phi) is 5.20. The molecule has 6 heteroatoms. The fourth-order valence-electron chi connectivity index (χ4n) is 2.79. The van der Waals surface area contributed by atoms with Gasteiger partial charge in [0.25, 0.3) is 0 Å². The summed E-state index contributed by atoms with van der Waals surface area (Å²) in [6.45, 7) is 5.85. The van der Waals surface area contributed by atoms with E-state index >= 15 is 0 Å². The van der Waals surface area contributed by atoms with Crippen LogP contribution < -0.4 is 10.6 Å². The Balaban J connectivity index is 1.99. The maximum atomic E-state index is 12.2. The molecule has 1 aliphatic carbocycles. The summed E-state index contributed by atoms with van der Waals surface area (Å²) in [6.07, 6.45) is 6.13. The number of carbonyl (C=O) groups is 1. The first-order valence-corrected chi connectivity index (χ1v) is 8.67. The van der Waals surface area contributed by atoms with Gasteiger partial charge in [0.1, 0.15) is 10.5 Å². The molecule has 0 bridgehead atoms. The molecule has 5 nitrogen and oxygen atoms in total. The summed E-state index contributed by atoms with van der Waals surface area (Å²) in [7, 11) is 0. The predicted octanol–water partition coefficient (Wildman–Crippen LogP) is 2.56. The number of nitriles is 1. The molecule has 2 rings (SSSR count). The van der Waals surface area contributed by atoms with Crippen LogP contribution in [0, 0.1) is 17.2 Å². The van der Waals surface area contributed by atoms with E-state index < -0.39 is 5.54 Å². The number of thiazole rings is 1. The lowest BCUT2D eigenvalue weighted by molar-refractivity contribution is -0.122. The number of nitrogens with zero attached hydrogens (tertiary/aromatic N) is 2. The van der Waals surface area contributed by atoms with E-state index in [-0.39, 0.29) is 23.9 Å². The van der Waals surface area contributed by atoms with Crippen LogP contribution in [0.4, 0.5) is 0 Å². The van der Waals surface area contributed by atoms with Gasteiger partial charge in [-0.1, -0.05) is 26.7 Å². The highest BCUT2D eigenvalue weighted by Crippen LogP contribution is 2.39. The van der Waals surface area contributed by atoms with Gasteiger partial charge in [-0.15, -0.1) is 11.3 Å². The van der Waals surface area contributed by atoms with Gasteiger partial charge >= 0.3 is 0 Å². The van der Waals surface area contributed by atoms with E-state index in [0.29, 0.717) is 0 Å². The van der Waals surface area contributed by atoms with Crippen LogP contribution in [0.5, 0.6) is 0 Å². The van der Waals surface area contributed by atoms with Gasteiger partial charge in [0, 0.05) is 11.6 Å². The topological polar surface area (TPSA) is 77.8 Å². The molecule has 0 saturated heterocycles.